The summed E-state index contributed by atoms with van der Waals surface area (Å²) in [6.07, 6.45) is 1.73. The first-order valence-electron chi connectivity index (χ1n) is 6.26. The molecule has 3 nitrogen and oxygen atoms in total. The van der Waals surface area contributed by atoms with Crippen LogP contribution in [0.15, 0.2) is 53.3 Å². The molecule has 0 amide bonds. The second kappa shape index (κ2) is 5.72. The summed E-state index contributed by atoms with van der Waals surface area (Å²) >= 11 is 12.1. The standard InChI is InChI=1S/C16H10Cl2N2O/c17-11-7-5-10(6-8-11)9-13(18)15-19-14-4-2-1-3-12(14)16(21)20-15/h1-9H,(H,19,20,21)/b13-9-. The van der Waals surface area contributed by atoms with Crippen molar-refractivity contribution >= 4 is 45.2 Å². The van der Waals surface area contributed by atoms with Gasteiger partial charge in [0.2, 0.25) is 0 Å². The van der Waals surface area contributed by atoms with Crippen molar-refractivity contribution in [3.8, 4) is 0 Å². The minimum atomic E-state index is -0.210. The van der Waals surface area contributed by atoms with Crippen LogP contribution < -0.4 is 5.56 Å². The van der Waals surface area contributed by atoms with E-state index in [4.69, 9.17) is 23.2 Å². The van der Waals surface area contributed by atoms with E-state index in [1.807, 2.05) is 18.2 Å². The number of aromatic amines is 1. The number of fused-ring (bicyclic) bond motifs is 1. The number of hydrogen-bond acceptors (Lipinski definition) is 2. The first-order chi connectivity index (χ1) is 10.1. The summed E-state index contributed by atoms with van der Waals surface area (Å²) in [4.78, 5) is 19.1. The van der Waals surface area contributed by atoms with Gasteiger partial charge in [-0.05, 0) is 35.9 Å². The topological polar surface area (TPSA) is 45.8 Å². The molecule has 0 radical (unpaired) electrons. The van der Waals surface area contributed by atoms with Gasteiger partial charge in [0.15, 0.2) is 5.82 Å². The lowest BCUT2D eigenvalue weighted by molar-refractivity contribution is 1.14. The van der Waals surface area contributed by atoms with Crippen molar-refractivity contribution in [3.05, 3.63) is 75.3 Å². The molecule has 0 unspecified atom stereocenters. The summed E-state index contributed by atoms with van der Waals surface area (Å²) in [5.74, 6) is 0.343. The van der Waals surface area contributed by atoms with Crippen LogP contribution in [0.2, 0.25) is 5.02 Å². The molecule has 1 heterocycles. The molecule has 0 spiro atoms. The van der Waals surface area contributed by atoms with Gasteiger partial charge in [0, 0.05) is 5.02 Å². The maximum atomic E-state index is 12.0. The molecule has 1 N–H and O–H groups in total. The predicted molar refractivity (Wildman–Crippen MR) is 87.5 cm³/mol. The third-order valence-electron chi connectivity index (χ3n) is 3.00. The highest BCUT2D eigenvalue weighted by molar-refractivity contribution is 6.50. The smallest absolute Gasteiger partial charge is 0.259 e. The second-order valence-electron chi connectivity index (χ2n) is 4.48. The molecule has 3 rings (SSSR count). The number of nitrogens with one attached hydrogen (secondary N) is 1. The predicted octanol–water partition coefficient (Wildman–Crippen LogP) is 4.31. The third-order valence-corrected chi connectivity index (χ3v) is 3.54. The average molecular weight is 317 g/mol. The Balaban J connectivity index is 2.07. The van der Waals surface area contributed by atoms with Crippen molar-refractivity contribution in [2.45, 2.75) is 0 Å². The molecule has 0 saturated carbocycles. The zero-order chi connectivity index (χ0) is 14.8. The molecule has 0 aliphatic carbocycles. The van der Waals surface area contributed by atoms with Gasteiger partial charge >= 0.3 is 0 Å². The molecule has 2 aromatic carbocycles. The Hall–Kier alpha value is -2.10. The van der Waals surface area contributed by atoms with Crippen LogP contribution in [0.3, 0.4) is 0 Å². The fourth-order valence-corrected chi connectivity index (χ4v) is 2.31. The highest BCUT2D eigenvalue weighted by Gasteiger charge is 2.06. The largest absolute Gasteiger partial charge is 0.305 e. The van der Waals surface area contributed by atoms with E-state index in [9.17, 15) is 4.79 Å². The minimum absolute atomic E-state index is 0.210. The lowest BCUT2D eigenvalue weighted by Gasteiger charge is -2.02. The molecule has 0 aliphatic rings. The van der Waals surface area contributed by atoms with Gasteiger partial charge in [0.25, 0.3) is 5.56 Å². The molecule has 21 heavy (non-hydrogen) atoms. The van der Waals surface area contributed by atoms with Crippen molar-refractivity contribution in [1.29, 1.82) is 0 Å². The molecule has 3 aromatic rings. The first-order valence-corrected chi connectivity index (χ1v) is 7.01. The number of benzene rings is 2. The average Bonchev–Trinajstić information content (AvgIpc) is 2.49. The van der Waals surface area contributed by atoms with Gasteiger partial charge in [0.05, 0.1) is 15.9 Å². The summed E-state index contributed by atoms with van der Waals surface area (Å²) in [5, 5.41) is 1.55. The van der Waals surface area contributed by atoms with Crippen molar-refractivity contribution in [2.24, 2.45) is 0 Å². The quantitative estimate of drug-likeness (QED) is 0.765. The summed E-state index contributed by atoms with van der Waals surface area (Å²) in [5.41, 5.74) is 1.28. The van der Waals surface area contributed by atoms with E-state index in [2.05, 4.69) is 9.97 Å². The minimum Gasteiger partial charge on any atom is -0.305 e. The van der Waals surface area contributed by atoms with Gasteiger partial charge < -0.3 is 4.98 Å². The van der Waals surface area contributed by atoms with E-state index < -0.39 is 0 Å². The molecule has 104 valence electrons. The van der Waals surface area contributed by atoms with Crippen LogP contribution in [0.1, 0.15) is 11.4 Å². The number of rotatable bonds is 2. The van der Waals surface area contributed by atoms with Gasteiger partial charge in [0.1, 0.15) is 0 Å². The molecule has 0 aliphatic heterocycles. The second-order valence-corrected chi connectivity index (χ2v) is 5.32. The monoisotopic (exact) mass is 316 g/mol. The molecule has 1 aromatic heterocycles. The van der Waals surface area contributed by atoms with Crippen LogP contribution in [-0.2, 0) is 0 Å². The highest BCUT2D eigenvalue weighted by atomic mass is 35.5. The molecular weight excluding hydrogens is 307 g/mol. The van der Waals surface area contributed by atoms with Gasteiger partial charge in [-0.15, -0.1) is 0 Å². The fraction of sp³-hybridized carbons (Fsp3) is 0. The highest BCUT2D eigenvalue weighted by Crippen LogP contribution is 2.20. The number of hydrogen-bond donors (Lipinski definition) is 1. The van der Waals surface area contributed by atoms with E-state index in [0.717, 1.165) is 5.56 Å². The van der Waals surface area contributed by atoms with Crippen LogP contribution in [0, 0.1) is 0 Å². The number of halogens is 2. The van der Waals surface area contributed by atoms with Crippen LogP contribution in [0.4, 0.5) is 0 Å². The van der Waals surface area contributed by atoms with Crippen molar-refractivity contribution in [2.75, 3.05) is 0 Å². The van der Waals surface area contributed by atoms with Crippen LogP contribution in [-0.4, -0.2) is 9.97 Å². The molecule has 0 fully saturated rings. The molecule has 5 heteroatoms. The van der Waals surface area contributed by atoms with Gasteiger partial charge in [-0.2, -0.15) is 0 Å². The maximum Gasteiger partial charge on any atom is 0.259 e. The van der Waals surface area contributed by atoms with E-state index in [0.29, 0.717) is 26.8 Å². The number of para-hydroxylation sites is 1. The summed E-state index contributed by atoms with van der Waals surface area (Å²) < 4.78 is 0. The van der Waals surface area contributed by atoms with Crippen molar-refractivity contribution < 1.29 is 0 Å². The van der Waals surface area contributed by atoms with Crippen molar-refractivity contribution in [3.63, 3.8) is 0 Å². The van der Waals surface area contributed by atoms with Crippen molar-refractivity contribution in [1.82, 2.24) is 9.97 Å². The van der Waals surface area contributed by atoms with E-state index in [1.54, 1.807) is 36.4 Å². The zero-order valence-corrected chi connectivity index (χ0v) is 12.3. The van der Waals surface area contributed by atoms with E-state index >= 15 is 0 Å². The SMILES string of the molecule is O=c1[nH]c(/C(Cl)=C/c2ccc(Cl)cc2)nc2ccccc12. The molecule has 0 bridgehead atoms. The third kappa shape index (κ3) is 2.99. The van der Waals surface area contributed by atoms with Gasteiger partial charge in [-0.25, -0.2) is 4.98 Å². The summed E-state index contributed by atoms with van der Waals surface area (Å²) in [7, 11) is 0. The Labute approximate surface area is 130 Å². The Morgan fingerprint density at radius 1 is 1.10 bits per heavy atom. The van der Waals surface area contributed by atoms with E-state index in [1.165, 1.54) is 0 Å². The normalized spacial score (nSPS) is 11.8. The Kier molecular flexibility index (Phi) is 3.78. The fourth-order valence-electron chi connectivity index (χ4n) is 1.97. The Morgan fingerprint density at radius 3 is 2.57 bits per heavy atom. The van der Waals surface area contributed by atoms with Gasteiger partial charge in [-0.1, -0.05) is 47.5 Å². The molecular formula is C16H10Cl2N2O. The molecule has 0 saturated heterocycles. The number of H-pyrrole nitrogens is 1. The summed E-state index contributed by atoms with van der Waals surface area (Å²) in [6, 6.07) is 14.3. The maximum absolute atomic E-state index is 12.0. The van der Waals surface area contributed by atoms with Gasteiger partial charge in [-0.3, -0.25) is 4.79 Å². The zero-order valence-electron chi connectivity index (χ0n) is 10.8. The van der Waals surface area contributed by atoms with E-state index in [-0.39, 0.29) is 5.56 Å². The Morgan fingerprint density at radius 2 is 1.81 bits per heavy atom. The van der Waals surface area contributed by atoms with Crippen LogP contribution in [0.25, 0.3) is 22.0 Å². The lowest BCUT2D eigenvalue weighted by atomic mass is 10.2. The Bertz CT molecular complexity index is 883. The number of aromatic nitrogens is 2. The van der Waals surface area contributed by atoms with Crippen LogP contribution in [0.5, 0.6) is 0 Å². The first kappa shape index (κ1) is 13.9. The lowest BCUT2D eigenvalue weighted by Crippen LogP contribution is -2.10. The number of nitrogens with zero attached hydrogens (tertiary/aromatic N) is 1. The molecule has 0 atom stereocenters. The van der Waals surface area contributed by atoms with Crippen LogP contribution >= 0.6 is 23.2 Å². The summed E-state index contributed by atoms with van der Waals surface area (Å²) in [6.45, 7) is 0.